The summed E-state index contributed by atoms with van der Waals surface area (Å²) in [6.07, 6.45) is 5.69. The Morgan fingerprint density at radius 1 is 1.13 bits per heavy atom. The molecular weight excluding hydrogens is 372 g/mol. The molecule has 5 heteroatoms. The molecule has 2 aromatic heterocycles. The zero-order valence-electron chi connectivity index (χ0n) is 18.6. The first-order chi connectivity index (χ1) is 14.4. The molecule has 0 spiro atoms. The number of piperidine rings is 1. The van der Waals surface area contributed by atoms with Crippen LogP contribution in [0, 0.1) is 5.92 Å². The average molecular weight is 405 g/mol. The maximum absolute atomic E-state index is 13.3. The number of amides is 1. The van der Waals surface area contributed by atoms with Crippen LogP contribution in [0.2, 0.25) is 0 Å². The van der Waals surface area contributed by atoms with Crippen LogP contribution >= 0.6 is 0 Å². The number of rotatable bonds is 4. The third-order valence-corrected chi connectivity index (χ3v) is 6.19. The summed E-state index contributed by atoms with van der Waals surface area (Å²) in [7, 11) is 0. The Labute approximate surface area is 179 Å². The minimum absolute atomic E-state index is 0.0521. The number of hydrogen-bond acceptors (Lipinski definition) is 3. The van der Waals surface area contributed by atoms with Gasteiger partial charge in [-0.15, -0.1) is 0 Å². The van der Waals surface area contributed by atoms with E-state index in [-0.39, 0.29) is 11.3 Å². The summed E-state index contributed by atoms with van der Waals surface area (Å²) >= 11 is 0. The van der Waals surface area contributed by atoms with Crippen LogP contribution < -0.4 is 0 Å². The zero-order valence-corrected chi connectivity index (χ0v) is 18.6. The summed E-state index contributed by atoms with van der Waals surface area (Å²) in [6.45, 7) is 10.1. The standard InChI is InChI=1S/C25H32N4O/c1-5-21-20(17-26-23-16-22(25(2,3)4)27-29(21)23)24(30)28-13-11-19(12-14-28)15-18-9-7-6-8-10-18/h6-10,16-17,19H,5,11-15H2,1-4H3. The summed E-state index contributed by atoms with van der Waals surface area (Å²) in [5, 5.41) is 4.79. The van der Waals surface area contributed by atoms with E-state index in [1.807, 2.05) is 15.5 Å². The minimum Gasteiger partial charge on any atom is -0.339 e. The van der Waals surface area contributed by atoms with Gasteiger partial charge in [0.15, 0.2) is 5.65 Å². The molecule has 3 aromatic rings. The van der Waals surface area contributed by atoms with Crippen molar-refractivity contribution in [1.29, 1.82) is 0 Å². The third-order valence-electron chi connectivity index (χ3n) is 6.19. The fraction of sp³-hybridized carbons (Fsp3) is 0.480. The number of hydrogen-bond donors (Lipinski definition) is 0. The van der Waals surface area contributed by atoms with Crippen LogP contribution in [-0.4, -0.2) is 38.5 Å². The smallest absolute Gasteiger partial charge is 0.257 e. The molecule has 3 heterocycles. The van der Waals surface area contributed by atoms with E-state index < -0.39 is 0 Å². The van der Waals surface area contributed by atoms with Crippen molar-refractivity contribution in [2.45, 2.75) is 58.8 Å². The predicted molar refractivity (Wildman–Crippen MR) is 120 cm³/mol. The highest BCUT2D eigenvalue weighted by Crippen LogP contribution is 2.26. The highest BCUT2D eigenvalue weighted by atomic mass is 16.2. The second-order valence-corrected chi connectivity index (χ2v) is 9.45. The van der Waals surface area contributed by atoms with E-state index in [1.165, 1.54) is 5.56 Å². The second-order valence-electron chi connectivity index (χ2n) is 9.45. The van der Waals surface area contributed by atoms with Gasteiger partial charge in [-0.3, -0.25) is 4.79 Å². The van der Waals surface area contributed by atoms with Crippen molar-refractivity contribution in [1.82, 2.24) is 19.5 Å². The summed E-state index contributed by atoms with van der Waals surface area (Å²) < 4.78 is 1.87. The molecule has 0 unspecified atom stereocenters. The van der Waals surface area contributed by atoms with Gasteiger partial charge in [0.05, 0.1) is 17.0 Å². The van der Waals surface area contributed by atoms with Gasteiger partial charge >= 0.3 is 0 Å². The van der Waals surface area contributed by atoms with Gasteiger partial charge in [0.1, 0.15) is 0 Å². The van der Waals surface area contributed by atoms with E-state index in [2.05, 4.69) is 63.0 Å². The lowest BCUT2D eigenvalue weighted by molar-refractivity contribution is 0.0688. The van der Waals surface area contributed by atoms with Crippen molar-refractivity contribution in [2.75, 3.05) is 13.1 Å². The van der Waals surface area contributed by atoms with E-state index in [0.29, 0.717) is 11.5 Å². The summed E-state index contributed by atoms with van der Waals surface area (Å²) in [6, 6.07) is 12.7. The fourth-order valence-corrected chi connectivity index (χ4v) is 4.32. The van der Waals surface area contributed by atoms with Crippen molar-refractivity contribution in [3.8, 4) is 0 Å². The zero-order chi connectivity index (χ0) is 21.3. The molecule has 1 aliphatic heterocycles. The summed E-state index contributed by atoms with van der Waals surface area (Å²) in [5.74, 6) is 0.732. The number of carbonyl (C=O) groups is 1. The van der Waals surface area contributed by atoms with Crippen LogP contribution in [0.1, 0.15) is 67.8 Å². The molecule has 1 amide bonds. The Bertz CT molecular complexity index is 1020. The number of fused-ring (bicyclic) bond motifs is 1. The van der Waals surface area contributed by atoms with Gasteiger partial charge in [0, 0.05) is 30.8 Å². The molecule has 1 fully saturated rings. The van der Waals surface area contributed by atoms with Gasteiger partial charge in [0.25, 0.3) is 5.91 Å². The number of carbonyl (C=O) groups excluding carboxylic acids is 1. The molecule has 5 nitrogen and oxygen atoms in total. The molecular formula is C25H32N4O. The maximum Gasteiger partial charge on any atom is 0.257 e. The van der Waals surface area contributed by atoms with Crippen molar-refractivity contribution >= 4 is 11.6 Å². The van der Waals surface area contributed by atoms with E-state index in [0.717, 1.165) is 55.8 Å². The van der Waals surface area contributed by atoms with Crippen LogP contribution in [-0.2, 0) is 18.3 Å². The van der Waals surface area contributed by atoms with E-state index in [9.17, 15) is 4.79 Å². The molecule has 0 radical (unpaired) electrons. The number of benzene rings is 1. The van der Waals surface area contributed by atoms with Gasteiger partial charge in [-0.1, -0.05) is 58.0 Å². The summed E-state index contributed by atoms with van der Waals surface area (Å²) in [4.78, 5) is 19.9. The van der Waals surface area contributed by atoms with Crippen LogP contribution in [0.4, 0.5) is 0 Å². The first-order valence-corrected chi connectivity index (χ1v) is 11.1. The highest BCUT2D eigenvalue weighted by molar-refractivity contribution is 5.95. The molecule has 0 atom stereocenters. The molecule has 158 valence electrons. The second kappa shape index (κ2) is 8.21. The number of aryl methyl sites for hydroxylation is 1. The summed E-state index contributed by atoms with van der Waals surface area (Å²) in [5.41, 5.74) is 4.79. The molecule has 0 aliphatic carbocycles. The van der Waals surface area contributed by atoms with Crippen molar-refractivity contribution < 1.29 is 4.79 Å². The minimum atomic E-state index is -0.0521. The largest absolute Gasteiger partial charge is 0.339 e. The van der Waals surface area contributed by atoms with Crippen LogP contribution in [0.5, 0.6) is 0 Å². The van der Waals surface area contributed by atoms with E-state index in [1.54, 1.807) is 6.20 Å². The predicted octanol–water partition coefficient (Wildman–Crippen LogP) is 4.68. The topological polar surface area (TPSA) is 50.5 Å². The molecule has 30 heavy (non-hydrogen) atoms. The fourth-order valence-electron chi connectivity index (χ4n) is 4.32. The first kappa shape index (κ1) is 20.6. The number of likely N-dealkylation sites (tertiary alicyclic amines) is 1. The van der Waals surface area contributed by atoms with Crippen molar-refractivity contribution in [2.24, 2.45) is 5.92 Å². The number of nitrogens with zero attached hydrogens (tertiary/aromatic N) is 4. The van der Waals surface area contributed by atoms with Gasteiger partial charge < -0.3 is 4.90 Å². The first-order valence-electron chi connectivity index (χ1n) is 11.1. The van der Waals surface area contributed by atoms with Crippen LogP contribution in [0.25, 0.3) is 5.65 Å². The Kier molecular flexibility index (Phi) is 5.63. The van der Waals surface area contributed by atoms with E-state index in [4.69, 9.17) is 5.10 Å². The highest BCUT2D eigenvalue weighted by Gasteiger charge is 2.27. The molecule has 1 aliphatic rings. The quantitative estimate of drug-likeness (QED) is 0.634. The number of aromatic nitrogens is 3. The lowest BCUT2D eigenvalue weighted by Gasteiger charge is -2.32. The molecule has 0 N–H and O–H groups in total. The molecule has 0 bridgehead atoms. The van der Waals surface area contributed by atoms with Gasteiger partial charge in [-0.25, -0.2) is 9.50 Å². The molecule has 1 saturated heterocycles. The van der Waals surface area contributed by atoms with E-state index >= 15 is 0 Å². The SMILES string of the molecule is CCc1c(C(=O)N2CCC(Cc3ccccc3)CC2)cnc2cc(C(C)(C)C)nn12. The monoisotopic (exact) mass is 404 g/mol. The van der Waals surface area contributed by atoms with Gasteiger partial charge in [0.2, 0.25) is 0 Å². The molecule has 1 aromatic carbocycles. The average Bonchev–Trinajstić information content (AvgIpc) is 3.19. The Morgan fingerprint density at radius 3 is 2.47 bits per heavy atom. The normalized spacial score (nSPS) is 15.7. The molecule has 4 rings (SSSR count). The Hall–Kier alpha value is -2.69. The lowest BCUT2D eigenvalue weighted by atomic mass is 9.90. The maximum atomic E-state index is 13.3. The lowest BCUT2D eigenvalue weighted by Crippen LogP contribution is -2.39. The van der Waals surface area contributed by atoms with Gasteiger partial charge in [-0.2, -0.15) is 5.10 Å². The van der Waals surface area contributed by atoms with Gasteiger partial charge in [-0.05, 0) is 37.2 Å². The third kappa shape index (κ3) is 4.11. The van der Waals surface area contributed by atoms with Crippen LogP contribution in [0.3, 0.4) is 0 Å². The Morgan fingerprint density at radius 2 is 1.83 bits per heavy atom. The molecule has 0 saturated carbocycles. The van der Waals surface area contributed by atoms with Crippen LogP contribution in [0.15, 0.2) is 42.6 Å². The Balaban J connectivity index is 1.51. The van der Waals surface area contributed by atoms with Crippen molar-refractivity contribution in [3.05, 3.63) is 65.1 Å². The van der Waals surface area contributed by atoms with Crippen molar-refractivity contribution in [3.63, 3.8) is 0 Å².